The van der Waals surface area contributed by atoms with Crippen molar-refractivity contribution < 1.29 is 4.79 Å². The third-order valence-electron chi connectivity index (χ3n) is 1.45. The lowest BCUT2D eigenvalue weighted by molar-refractivity contribution is -0.117. The third-order valence-corrected chi connectivity index (χ3v) is 1.85. The smallest absolute Gasteiger partial charge is 0.221 e. The first-order chi connectivity index (χ1) is 5.59. The molecule has 0 atom stereocenters. The molecular weight excluding hydrogens is 176 g/mol. The minimum Gasteiger partial charge on any atom is -0.369 e. The van der Waals surface area contributed by atoms with Gasteiger partial charge in [-0.2, -0.15) is 0 Å². The maximum absolute atomic E-state index is 10.5. The van der Waals surface area contributed by atoms with Crippen LogP contribution in [0.4, 0.5) is 0 Å². The van der Waals surface area contributed by atoms with Gasteiger partial charge in [0.05, 0.1) is 6.42 Å². The number of carbonyl (C=O) groups is 1. The van der Waals surface area contributed by atoms with Gasteiger partial charge in [0.15, 0.2) is 0 Å². The van der Waals surface area contributed by atoms with Crippen LogP contribution < -0.4 is 5.73 Å². The summed E-state index contributed by atoms with van der Waals surface area (Å²) in [6.07, 6.45) is 1.77. The average molecular weight is 185 g/mol. The van der Waals surface area contributed by atoms with E-state index >= 15 is 0 Å². The summed E-state index contributed by atoms with van der Waals surface area (Å²) in [6, 6.07) is 1.81. The lowest BCUT2D eigenvalue weighted by Crippen LogP contribution is -2.13. The van der Waals surface area contributed by atoms with Crippen LogP contribution in [-0.4, -0.2) is 10.9 Å². The number of carbonyl (C=O) groups excluding carboxylic acids is 1. The van der Waals surface area contributed by atoms with Crippen LogP contribution in [0.5, 0.6) is 0 Å². The normalized spacial score (nSPS) is 9.83. The van der Waals surface area contributed by atoms with Crippen LogP contribution in [0.1, 0.15) is 11.1 Å². The number of rotatable bonds is 2. The van der Waals surface area contributed by atoms with Gasteiger partial charge < -0.3 is 5.73 Å². The predicted octanol–water partition coefficient (Wildman–Crippen LogP) is 1.07. The largest absolute Gasteiger partial charge is 0.369 e. The average Bonchev–Trinajstić information content (AvgIpc) is 1.96. The van der Waals surface area contributed by atoms with Crippen LogP contribution in [0, 0.1) is 6.92 Å². The molecule has 4 heteroatoms. The maximum atomic E-state index is 10.5. The van der Waals surface area contributed by atoms with Crippen LogP contribution >= 0.6 is 11.6 Å². The summed E-state index contributed by atoms with van der Waals surface area (Å²) >= 11 is 5.69. The molecule has 2 N–H and O–H groups in total. The van der Waals surface area contributed by atoms with Crippen molar-refractivity contribution in [3.63, 3.8) is 0 Å². The number of halogens is 1. The summed E-state index contributed by atoms with van der Waals surface area (Å²) in [4.78, 5) is 14.4. The fourth-order valence-corrected chi connectivity index (χ4v) is 1.02. The molecule has 1 rings (SSSR count). The Kier molecular flexibility index (Phi) is 2.65. The zero-order valence-corrected chi connectivity index (χ0v) is 7.43. The van der Waals surface area contributed by atoms with Crippen molar-refractivity contribution in [2.45, 2.75) is 13.3 Å². The molecule has 0 radical (unpaired) electrons. The van der Waals surface area contributed by atoms with Crippen LogP contribution in [-0.2, 0) is 11.2 Å². The minimum absolute atomic E-state index is 0.213. The highest BCUT2D eigenvalue weighted by Crippen LogP contribution is 2.12. The van der Waals surface area contributed by atoms with Gasteiger partial charge in [-0.15, -0.1) is 0 Å². The molecular formula is C8H9ClN2O. The molecule has 0 aliphatic heterocycles. The van der Waals surface area contributed by atoms with Gasteiger partial charge in [0.25, 0.3) is 0 Å². The second-order valence-electron chi connectivity index (χ2n) is 2.59. The second kappa shape index (κ2) is 3.54. The molecule has 3 nitrogen and oxygen atoms in total. The zero-order valence-electron chi connectivity index (χ0n) is 6.67. The van der Waals surface area contributed by atoms with E-state index in [0.29, 0.717) is 5.15 Å². The van der Waals surface area contributed by atoms with Crippen molar-refractivity contribution in [2.75, 3.05) is 0 Å². The Labute approximate surface area is 75.6 Å². The number of nitrogens with two attached hydrogens (primary N) is 1. The fourth-order valence-electron chi connectivity index (χ4n) is 0.914. The summed E-state index contributed by atoms with van der Waals surface area (Å²) in [7, 11) is 0. The van der Waals surface area contributed by atoms with Crippen molar-refractivity contribution in [3.05, 3.63) is 28.5 Å². The van der Waals surface area contributed by atoms with E-state index in [4.69, 9.17) is 17.3 Å². The maximum Gasteiger partial charge on any atom is 0.221 e. The molecule has 0 aromatic carbocycles. The molecule has 0 aliphatic carbocycles. The van der Waals surface area contributed by atoms with E-state index in [9.17, 15) is 4.79 Å². The first-order valence-electron chi connectivity index (χ1n) is 3.49. The van der Waals surface area contributed by atoms with Gasteiger partial charge in [0.2, 0.25) is 5.91 Å². The summed E-state index contributed by atoms with van der Waals surface area (Å²) < 4.78 is 0. The Balaban J connectivity index is 2.89. The summed E-state index contributed by atoms with van der Waals surface area (Å²) in [5.74, 6) is -0.362. The van der Waals surface area contributed by atoms with Gasteiger partial charge in [-0.1, -0.05) is 17.7 Å². The van der Waals surface area contributed by atoms with Crippen molar-refractivity contribution in [1.29, 1.82) is 0 Å². The number of hydrogen-bond donors (Lipinski definition) is 1. The van der Waals surface area contributed by atoms with Gasteiger partial charge in [0.1, 0.15) is 5.15 Å². The molecule has 0 unspecified atom stereocenters. The number of nitrogens with zero attached hydrogens (tertiary/aromatic N) is 1. The summed E-state index contributed by atoms with van der Waals surface area (Å²) in [5.41, 5.74) is 6.67. The number of aromatic nitrogens is 1. The van der Waals surface area contributed by atoms with Crippen LogP contribution in [0.3, 0.4) is 0 Å². The van der Waals surface area contributed by atoms with Crippen molar-refractivity contribution >= 4 is 17.5 Å². The van der Waals surface area contributed by atoms with E-state index in [1.54, 1.807) is 12.3 Å². The molecule has 0 aliphatic rings. The first kappa shape index (κ1) is 9.00. The standard InChI is InChI=1S/C8H9ClN2O/c1-5-2-6(3-7(10)12)4-11-8(5)9/h2,4H,3H2,1H3,(H2,10,12). The second-order valence-corrected chi connectivity index (χ2v) is 2.95. The van der Waals surface area contributed by atoms with Gasteiger partial charge in [-0.05, 0) is 18.1 Å². The molecule has 1 heterocycles. The monoisotopic (exact) mass is 184 g/mol. The molecule has 64 valence electrons. The molecule has 0 fully saturated rings. The molecule has 1 amide bonds. The van der Waals surface area contributed by atoms with Gasteiger partial charge in [-0.25, -0.2) is 4.98 Å². The molecule has 1 aromatic heterocycles. The first-order valence-corrected chi connectivity index (χ1v) is 3.86. The highest BCUT2D eigenvalue weighted by Gasteiger charge is 2.01. The van der Waals surface area contributed by atoms with E-state index in [1.807, 2.05) is 6.92 Å². The van der Waals surface area contributed by atoms with Gasteiger partial charge in [0, 0.05) is 6.20 Å². The van der Waals surface area contributed by atoms with Gasteiger partial charge >= 0.3 is 0 Å². The Bertz CT molecular complexity index is 312. The highest BCUT2D eigenvalue weighted by atomic mass is 35.5. The van der Waals surface area contributed by atoms with E-state index in [0.717, 1.165) is 11.1 Å². The van der Waals surface area contributed by atoms with E-state index < -0.39 is 0 Å². The summed E-state index contributed by atoms with van der Waals surface area (Å²) in [5, 5.41) is 0.461. The molecule has 1 aromatic rings. The third kappa shape index (κ3) is 2.20. The number of aryl methyl sites for hydroxylation is 1. The van der Waals surface area contributed by atoms with Crippen LogP contribution in [0.25, 0.3) is 0 Å². The predicted molar refractivity (Wildman–Crippen MR) is 46.9 cm³/mol. The number of amides is 1. The Hall–Kier alpha value is -1.09. The molecule has 12 heavy (non-hydrogen) atoms. The molecule has 0 spiro atoms. The van der Waals surface area contributed by atoms with E-state index in [2.05, 4.69) is 4.98 Å². The lowest BCUT2D eigenvalue weighted by atomic mass is 10.1. The quantitative estimate of drug-likeness (QED) is 0.700. The Morgan fingerprint density at radius 1 is 1.75 bits per heavy atom. The molecule has 0 bridgehead atoms. The van der Waals surface area contributed by atoms with Crippen molar-refractivity contribution in [1.82, 2.24) is 4.98 Å². The summed E-state index contributed by atoms with van der Waals surface area (Å²) in [6.45, 7) is 1.83. The minimum atomic E-state index is -0.362. The Morgan fingerprint density at radius 2 is 2.42 bits per heavy atom. The molecule has 0 saturated heterocycles. The Morgan fingerprint density at radius 3 is 2.92 bits per heavy atom. The fraction of sp³-hybridized carbons (Fsp3) is 0.250. The topological polar surface area (TPSA) is 56.0 Å². The van der Waals surface area contributed by atoms with E-state index in [1.165, 1.54) is 0 Å². The van der Waals surface area contributed by atoms with Crippen molar-refractivity contribution in [3.8, 4) is 0 Å². The number of pyridine rings is 1. The highest BCUT2D eigenvalue weighted by molar-refractivity contribution is 6.30. The van der Waals surface area contributed by atoms with Gasteiger partial charge in [-0.3, -0.25) is 4.79 Å². The number of hydrogen-bond acceptors (Lipinski definition) is 2. The van der Waals surface area contributed by atoms with Crippen LogP contribution in [0.15, 0.2) is 12.3 Å². The van der Waals surface area contributed by atoms with E-state index in [-0.39, 0.29) is 12.3 Å². The van der Waals surface area contributed by atoms with Crippen molar-refractivity contribution in [2.24, 2.45) is 5.73 Å². The number of primary amides is 1. The lowest BCUT2D eigenvalue weighted by Gasteiger charge is -1.99. The molecule has 0 saturated carbocycles. The zero-order chi connectivity index (χ0) is 9.14. The van der Waals surface area contributed by atoms with Crippen LogP contribution in [0.2, 0.25) is 5.15 Å². The SMILES string of the molecule is Cc1cc(CC(N)=O)cnc1Cl.